The average Bonchev–Trinajstić information content (AvgIpc) is 2.98. The molecule has 92 valence electrons. The van der Waals surface area contributed by atoms with Crippen molar-refractivity contribution in [2.75, 3.05) is 13.1 Å². The maximum Gasteiger partial charge on any atom is 0.311 e. The van der Waals surface area contributed by atoms with E-state index < -0.39 is 11.4 Å². The molecule has 1 N–H and O–H groups in total. The number of thiazole rings is 1. The van der Waals surface area contributed by atoms with Crippen molar-refractivity contribution in [3.8, 4) is 0 Å². The van der Waals surface area contributed by atoms with Crippen molar-refractivity contribution in [1.82, 2.24) is 9.88 Å². The molecule has 1 fully saturated rings. The quantitative estimate of drug-likeness (QED) is 0.886. The zero-order chi connectivity index (χ0) is 12.5. The van der Waals surface area contributed by atoms with Crippen LogP contribution < -0.4 is 0 Å². The van der Waals surface area contributed by atoms with Crippen LogP contribution in [0.15, 0.2) is 11.7 Å². The van der Waals surface area contributed by atoms with Crippen molar-refractivity contribution >= 4 is 23.2 Å². The molecule has 1 aliphatic rings. The van der Waals surface area contributed by atoms with E-state index in [0.717, 1.165) is 0 Å². The normalized spacial score (nSPS) is 23.9. The summed E-state index contributed by atoms with van der Waals surface area (Å²) in [6, 6.07) is 0. The summed E-state index contributed by atoms with van der Waals surface area (Å²) in [5, 5.41) is 9.25. The van der Waals surface area contributed by atoms with Crippen LogP contribution in [0.1, 0.15) is 29.4 Å². The van der Waals surface area contributed by atoms with Gasteiger partial charge in [0.05, 0.1) is 17.1 Å². The van der Waals surface area contributed by atoms with E-state index in [9.17, 15) is 14.7 Å². The number of aliphatic carboxylic acids is 1. The molecule has 2 rings (SSSR count). The number of hydrogen-bond acceptors (Lipinski definition) is 4. The van der Waals surface area contributed by atoms with Crippen LogP contribution in [0.2, 0.25) is 0 Å². The number of carboxylic acids is 1. The molecule has 6 heteroatoms. The van der Waals surface area contributed by atoms with Crippen LogP contribution in [-0.4, -0.2) is 40.0 Å². The van der Waals surface area contributed by atoms with Gasteiger partial charge >= 0.3 is 5.97 Å². The second kappa shape index (κ2) is 4.44. The number of carbonyl (C=O) groups is 2. The van der Waals surface area contributed by atoms with Gasteiger partial charge in [0, 0.05) is 13.1 Å². The average molecular weight is 254 g/mol. The highest BCUT2D eigenvalue weighted by atomic mass is 32.1. The number of aromatic nitrogens is 1. The summed E-state index contributed by atoms with van der Waals surface area (Å²) in [5.74, 6) is -0.913. The Bertz CT molecular complexity index is 432. The topological polar surface area (TPSA) is 70.5 Å². The minimum absolute atomic E-state index is 0.107. The van der Waals surface area contributed by atoms with Crippen molar-refractivity contribution in [2.24, 2.45) is 5.41 Å². The standard InChI is InChI=1S/C11H14N2O3S/c1-2-11(10(15)16)3-4-13(6-11)9(14)8-5-12-7-17-8/h5,7H,2-4,6H2,1H3,(H,15,16). The molecule has 0 radical (unpaired) electrons. The predicted molar refractivity (Wildman–Crippen MR) is 63.0 cm³/mol. The first kappa shape index (κ1) is 12.0. The number of likely N-dealkylation sites (tertiary alicyclic amines) is 1. The zero-order valence-electron chi connectivity index (χ0n) is 9.55. The lowest BCUT2D eigenvalue weighted by Crippen LogP contribution is -2.36. The number of carboxylic acid groups (broad SMARTS) is 1. The fourth-order valence-corrected chi connectivity index (χ4v) is 2.72. The number of rotatable bonds is 3. The first-order valence-electron chi connectivity index (χ1n) is 5.50. The van der Waals surface area contributed by atoms with Gasteiger partial charge in [-0.1, -0.05) is 6.92 Å². The zero-order valence-corrected chi connectivity index (χ0v) is 10.4. The van der Waals surface area contributed by atoms with Gasteiger partial charge in [0.2, 0.25) is 0 Å². The van der Waals surface area contributed by atoms with E-state index in [4.69, 9.17) is 0 Å². The largest absolute Gasteiger partial charge is 0.481 e. The molecule has 1 saturated heterocycles. The molecule has 0 aliphatic carbocycles. The maximum atomic E-state index is 12.0. The molecular formula is C11H14N2O3S. The Morgan fingerprint density at radius 1 is 1.65 bits per heavy atom. The van der Waals surface area contributed by atoms with E-state index in [1.54, 1.807) is 10.4 Å². The molecule has 5 nitrogen and oxygen atoms in total. The Labute approximate surface area is 103 Å². The smallest absolute Gasteiger partial charge is 0.311 e. The third kappa shape index (κ3) is 2.04. The monoisotopic (exact) mass is 254 g/mol. The van der Waals surface area contributed by atoms with Gasteiger partial charge in [-0.2, -0.15) is 0 Å². The molecular weight excluding hydrogens is 240 g/mol. The lowest BCUT2D eigenvalue weighted by atomic mass is 9.84. The van der Waals surface area contributed by atoms with Crippen LogP contribution >= 0.6 is 11.3 Å². The van der Waals surface area contributed by atoms with Gasteiger partial charge in [0.1, 0.15) is 4.88 Å². The molecule has 1 atom stereocenters. The molecule has 17 heavy (non-hydrogen) atoms. The van der Waals surface area contributed by atoms with Crippen LogP contribution in [0.4, 0.5) is 0 Å². The fourth-order valence-electron chi connectivity index (χ4n) is 2.14. The van der Waals surface area contributed by atoms with Crippen LogP contribution in [0, 0.1) is 5.41 Å². The van der Waals surface area contributed by atoms with Crippen LogP contribution in [-0.2, 0) is 4.79 Å². The molecule has 0 aromatic carbocycles. The van der Waals surface area contributed by atoms with Gasteiger partial charge in [-0.25, -0.2) is 0 Å². The van der Waals surface area contributed by atoms with E-state index in [2.05, 4.69) is 4.98 Å². The van der Waals surface area contributed by atoms with E-state index in [0.29, 0.717) is 30.8 Å². The molecule has 2 heterocycles. The second-order valence-electron chi connectivity index (χ2n) is 4.28. The number of nitrogens with zero attached hydrogens (tertiary/aromatic N) is 2. The summed E-state index contributed by atoms with van der Waals surface area (Å²) in [4.78, 5) is 29.3. The molecule has 0 saturated carbocycles. The molecule has 0 bridgehead atoms. The van der Waals surface area contributed by atoms with E-state index in [-0.39, 0.29) is 5.91 Å². The molecule has 1 aromatic heterocycles. The van der Waals surface area contributed by atoms with Gasteiger partial charge in [0.15, 0.2) is 0 Å². The summed E-state index contributed by atoms with van der Waals surface area (Å²) < 4.78 is 0. The third-order valence-corrected chi connectivity index (χ3v) is 4.18. The first-order chi connectivity index (χ1) is 8.09. The predicted octanol–water partition coefficient (Wildman–Crippen LogP) is 1.47. The van der Waals surface area contributed by atoms with Crippen LogP contribution in [0.3, 0.4) is 0 Å². The van der Waals surface area contributed by atoms with Gasteiger partial charge < -0.3 is 10.0 Å². The second-order valence-corrected chi connectivity index (χ2v) is 5.17. The lowest BCUT2D eigenvalue weighted by Gasteiger charge is -2.22. The molecule has 1 aromatic rings. The van der Waals surface area contributed by atoms with Crippen LogP contribution in [0.25, 0.3) is 0 Å². The van der Waals surface area contributed by atoms with Gasteiger partial charge in [-0.15, -0.1) is 11.3 Å². The summed E-state index contributed by atoms with van der Waals surface area (Å²) in [7, 11) is 0. The van der Waals surface area contributed by atoms with Gasteiger partial charge in [0.25, 0.3) is 5.91 Å². The molecule has 1 unspecified atom stereocenters. The Hall–Kier alpha value is -1.43. The summed E-state index contributed by atoms with van der Waals surface area (Å²) in [6.45, 7) is 2.67. The summed E-state index contributed by atoms with van der Waals surface area (Å²) in [5.41, 5.74) is 0.841. The number of hydrogen-bond donors (Lipinski definition) is 1. The Morgan fingerprint density at radius 2 is 2.41 bits per heavy atom. The minimum atomic E-state index is -0.806. The van der Waals surface area contributed by atoms with E-state index in [1.807, 2.05) is 6.92 Å². The van der Waals surface area contributed by atoms with Crippen LogP contribution in [0.5, 0.6) is 0 Å². The Balaban J connectivity index is 2.12. The van der Waals surface area contributed by atoms with Gasteiger partial charge in [-0.3, -0.25) is 14.6 Å². The fraction of sp³-hybridized carbons (Fsp3) is 0.545. The highest BCUT2D eigenvalue weighted by Gasteiger charge is 2.44. The SMILES string of the molecule is CCC1(C(=O)O)CCN(C(=O)c2cncs2)C1. The molecule has 0 spiro atoms. The first-order valence-corrected chi connectivity index (χ1v) is 6.38. The van der Waals surface area contributed by atoms with Crippen molar-refractivity contribution in [3.05, 3.63) is 16.6 Å². The molecule has 1 amide bonds. The highest BCUT2D eigenvalue weighted by molar-refractivity contribution is 7.11. The van der Waals surface area contributed by atoms with Crippen molar-refractivity contribution in [1.29, 1.82) is 0 Å². The number of amides is 1. The minimum Gasteiger partial charge on any atom is -0.481 e. The third-order valence-electron chi connectivity index (χ3n) is 3.41. The summed E-state index contributed by atoms with van der Waals surface area (Å²) in [6.07, 6.45) is 2.61. The van der Waals surface area contributed by atoms with Crippen molar-refractivity contribution < 1.29 is 14.7 Å². The maximum absolute atomic E-state index is 12.0. The van der Waals surface area contributed by atoms with E-state index in [1.165, 1.54) is 17.5 Å². The Kier molecular flexibility index (Phi) is 3.15. The highest BCUT2D eigenvalue weighted by Crippen LogP contribution is 2.35. The Morgan fingerprint density at radius 3 is 2.88 bits per heavy atom. The summed E-state index contributed by atoms with van der Waals surface area (Å²) >= 11 is 1.28. The molecule has 1 aliphatic heterocycles. The van der Waals surface area contributed by atoms with E-state index >= 15 is 0 Å². The number of carbonyl (C=O) groups excluding carboxylic acids is 1. The van der Waals surface area contributed by atoms with Crippen molar-refractivity contribution in [2.45, 2.75) is 19.8 Å². The van der Waals surface area contributed by atoms with Crippen molar-refractivity contribution in [3.63, 3.8) is 0 Å². The lowest BCUT2D eigenvalue weighted by molar-refractivity contribution is -0.148. The van der Waals surface area contributed by atoms with Gasteiger partial charge in [-0.05, 0) is 12.8 Å².